The summed E-state index contributed by atoms with van der Waals surface area (Å²) < 4.78 is 9.23. The number of carboxylic acid groups (broad SMARTS) is 1. The number of hydrogen-bond acceptors (Lipinski definition) is 8. The van der Waals surface area contributed by atoms with Gasteiger partial charge in [0.25, 0.3) is 0 Å². The number of ether oxygens (including phenoxy) is 2. The van der Waals surface area contributed by atoms with Gasteiger partial charge in [-0.05, 0) is 71.6 Å². The van der Waals surface area contributed by atoms with Crippen LogP contribution in [-0.2, 0) is 28.7 Å². The highest BCUT2D eigenvalue weighted by molar-refractivity contribution is 5.97. The third-order valence-corrected chi connectivity index (χ3v) is 7.21. The van der Waals surface area contributed by atoms with Crippen molar-refractivity contribution < 1.29 is 44.0 Å². The fourth-order valence-electron chi connectivity index (χ4n) is 4.68. The Bertz CT molecular complexity index is 979. The molecule has 0 fully saturated rings. The Morgan fingerprint density at radius 1 is 1.05 bits per heavy atom. The molecule has 3 N–H and O–H groups in total. The van der Waals surface area contributed by atoms with Crippen LogP contribution in [0, 0.1) is 5.92 Å². The lowest BCUT2D eigenvalue weighted by Crippen LogP contribution is -2.63. The maximum absolute atomic E-state index is 12.3. The molecule has 3 unspecified atom stereocenters. The van der Waals surface area contributed by atoms with Crippen molar-refractivity contribution in [3.05, 3.63) is 34.9 Å². The Labute approximate surface area is 231 Å². The van der Waals surface area contributed by atoms with Crippen molar-refractivity contribution in [2.45, 2.75) is 90.3 Å². The van der Waals surface area contributed by atoms with E-state index in [4.69, 9.17) is 5.11 Å². The monoisotopic (exact) mass is 551 g/mol. The van der Waals surface area contributed by atoms with Crippen LogP contribution in [0.3, 0.4) is 0 Å². The Morgan fingerprint density at radius 3 is 2.23 bits per heavy atom. The second kappa shape index (κ2) is 15.6. The van der Waals surface area contributed by atoms with E-state index < -0.39 is 29.1 Å². The van der Waals surface area contributed by atoms with Crippen molar-refractivity contribution in [1.29, 1.82) is 0 Å². The zero-order chi connectivity index (χ0) is 29.8. The number of allylic oxidation sites excluding steroid dienone is 4. The summed E-state index contributed by atoms with van der Waals surface area (Å²) in [6, 6.07) is 0. The molecule has 0 saturated carbocycles. The number of carbonyl (C=O) groups excluding carboxylic acids is 3. The van der Waals surface area contributed by atoms with Crippen molar-refractivity contribution >= 4 is 23.8 Å². The fraction of sp³-hybridized carbons (Fsp3) is 0.655. The quantitative estimate of drug-likeness (QED) is 0.183. The molecular formula is C29H45NO9. The third-order valence-electron chi connectivity index (χ3n) is 7.21. The van der Waals surface area contributed by atoms with Crippen molar-refractivity contribution in [2.24, 2.45) is 5.92 Å². The molecule has 10 nitrogen and oxygen atoms in total. The molecule has 0 aliphatic carbocycles. The number of esters is 2. The van der Waals surface area contributed by atoms with Gasteiger partial charge in [0.05, 0.1) is 14.2 Å². The summed E-state index contributed by atoms with van der Waals surface area (Å²) in [4.78, 5) is 48.6. The van der Waals surface area contributed by atoms with Crippen LogP contribution >= 0.6 is 0 Å². The summed E-state index contributed by atoms with van der Waals surface area (Å²) in [6.07, 6.45) is 11.3. The fourth-order valence-corrected chi connectivity index (χ4v) is 4.68. The van der Waals surface area contributed by atoms with Crippen LogP contribution in [0.1, 0.15) is 79.1 Å². The lowest BCUT2D eigenvalue weighted by molar-refractivity contribution is -0.210. The van der Waals surface area contributed by atoms with Gasteiger partial charge in [0.15, 0.2) is 5.60 Å². The molecule has 0 aromatic rings. The molecule has 0 aromatic heterocycles. The van der Waals surface area contributed by atoms with E-state index in [0.29, 0.717) is 25.0 Å². The zero-order valence-corrected chi connectivity index (χ0v) is 24.1. The van der Waals surface area contributed by atoms with E-state index in [1.807, 2.05) is 6.92 Å². The van der Waals surface area contributed by atoms with E-state index in [1.165, 1.54) is 16.0 Å². The number of methoxy groups -OCH3 is 2. The van der Waals surface area contributed by atoms with Crippen LogP contribution in [0.25, 0.3) is 0 Å². The number of aliphatic hydroxyl groups is 2. The normalized spacial score (nSPS) is 18.2. The molecular weight excluding hydrogens is 506 g/mol. The molecule has 1 amide bonds. The maximum Gasteiger partial charge on any atom is 0.341 e. The molecule has 39 heavy (non-hydrogen) atoms. The lowest BCUT2D eigenvalue weighted by Gasteiger charge is -2.37. The molecule has 0 bridgehead atoms. The Balaban J connectivity index is 2.47. The Hall–Kier alpha value is -2.98. The first kappa shape index (κ1) is 34.0. The maximum atomic E-state index is 12.3. The smallest absolute Gasteiger partial charge is 0.341 e. The molecule has 0 radical (unpaired) electrons. The molecule has 1 heterocycles. The first-order chi connectivity index (χ1) is 18.2. The summed E-state index contributed by atoms with van der Waals surface area (Å²) in [5.41, 5.74) is -1.76. The third kappa shape index (κ3) is 9.93. The SMILES string of the molecule is COC(=O)C(C)(O)C(O)(CC(C)CCCC(C)=CCCC(C)=CCCC1=CCN(CC(=O)O)C1=O)C(=O)OC. The predicted molar refractivity (Wildman–Crippen MR) is 146 cm³/mol. The lowest BCUT2D eigenvalue weighted by atomic mass is 9.76. The molecule has 0 spiro atoms. The molecule has 220 valence electrons. The van der Waals surface area contributed by atoms with Crippen molar-refractivity contribution in [2.75, 3.05) is 27.3 Å². The predicted octanol–water partition coefficient (Wildman–Crippen LogP) is 3.32. The zero-order valence-electron chi connectivity index (χ0n) is 24.1. The first-order valence-corrected chi connectivity index (χ1v) is 13.3. The van der Waals surface area contributed by atoms with Gasteiger partial charge in [-0.2, -0.15) is 0 Å². The number of carbonyl (C=O) groups is 4. The topological polar surface area (TPSA) is 151 Å². The van der Waals surface area contributed by atoms with Crippen LogP contribution < -0.4 is 0 Å². The highest BCUT2D eigenvalue weighted by Gasteiger charge is 2.58. The van der Waals surface area contributed by atoms with Crippen LogP contribution in [0.5, 0.6) is 0 Å². The molecule has 1 rings (SSSR count). The van der Waals surface area contributed by atoms with Gasteiger partial charge >= 0.3 is 17.9 Å². The Morgan fingerprint density at radius 2 is 1.64 bits per heavy atom. The van der Waals surface area contributed by atoms with Gasteiger partial charge in [-0.15, -0.1) is 0 Å². The van der Waals surface area contributed by atoms with Gasteiger partial charge in [-0.1, -0.05) is 42.7 Å². The van der Waals surface area contributed by atoms with Gasteiger partial charge < -0.3 is 29.7 Å². The average Bonchev–Trinajstić information content (AvgIpc) is 3.20. The standard InChI is InChI=1S/C29H45NO9/c1-20(10-7-11-21(2)13-9-15-23-16-17-30(25(23)33)19-24(31)32)12-8-14-22(3)18-29(37,27(35)39-6)28(4,36)26(34)38-5/h10,13,16,22,36-37H,7-9,11-12,14-15,17-19H2,1-6H3,(H,31,32). The molecule has 1 aliphatic rings. The van der Waals surface area contributed by atoms with Crippen LogP contribution in [0.15, 0.2) is 34.9 Å². The number of carboxylic acids is 1. The number of rotatable bonds is 17. The number of amides is 1. The van der Waals surface area contributed by atoms with E-state index in [-0.39, 0.29) is 24.8 Å². The highest BCUT2D eigenvalue weighted by atomic mass is 16.6. The van der Waals surface area contributed by atoms with E-state index in [0.717, 1.165) is 53.2 Å². The number of aliphatic carboxylic acids is 1. The molecule has 0 saturated heterocycles. The molecule has 0 aromatic carbocycles. The second-order valence-electron chi connectivity index (χ2n) is 10.6. The minimum atomic E-state index is -2.45. The number of nitrogens with zero attached hydrogens (tertiary/aromatic N) is 1. The van der Waals surface area contributed by atoms with Gasteiger partial charge in [0.1, 0.15) is 6.54 Å². The summed E-state index contributed by atoms with van der Waals surface area (Å²) in [7, 11) is 2.15. The van der Waals surface area contributed by atoms with Gasteiger partial charge in [-0.25, -0.2) is 9.59 Å². The minimum absolute atomic E-state index is 0.158. The highest BCUT2D eigenvalue weighted by Crippen LogP contribution is 2.33. The van der Waals surface area contributed by atoms with Crippen LogP contribution in [0.4, 0.5) is 0 Å². The second-order valence-corrected chi connectivity index (χ2v) is 10.6. The van der Waals surface area contributed by atoms with E-state index in [1.54, 1.807) is 6.08 Å². The van der Waals surface area contributed by atoms with Crippen molar-refractivity contribution in [1.82, 2.24) is 4.90 Å². The van der Waals surface area contributed by atoms with Crippen molar-refractivity contribution in [3.63, 3.8) is 0 Å². The summed E-state index contributed by atoms with van der Waals surface area (Å²) in [5.74, 6) is -3.59. The van der Waals surface area contributed by atoms with E-state index >= 15 is 0 Å². The average molecular weight is 552 g/mol. The first-order valence-electron chi connectivity index (χ1n) is 13.3. The minimum Gasteiger partial charge on any atom is -0.480 e. The summed E-state index contributed by atoms with van der Waals surface area (Å²) in [6.45, 7) is 7.08. The summed E-state index contributed by atoms with van der Waals surface area (Å²) in [5, 5.41) is 30.4. The molecule has 1 aliphatic heterocycles. The van der Waals surface area contributed by atoms with Crippen LogP contribution in [0.2, 0.25) is 0 Å². The van der Waals surface area contributed by atoms with E-state index in [2.05, 4.69) is 35.5 Å². The molecule has 3 atom stereocenters. The largest absolute Gasteiger partial charge is 0.480 e. The Kier molecular flexibility index (Phi) is 13.6. The van der Waals surface area contributed by atoms with Gasteiger partial charge in [0.2, 0.25) is 11.5 Å². The van der Waals surface area contributed by atoms with Crippen molar-refractivity contribution in [3.8, 4) is 0 Å². The van der Waals surface area contributed by atoms with Gasteiger partial charge in [-0.3, -0.25) is 9.59 Å². The number of hydrogen-bond donors (Lipinski definition) is 3. The molecule has 10 heteroatoms. The van der Waals surface area contributed by atoms with Gasteiger partial charge in [0, 0.05) is 12.1 Å². The van der Waals surface area contributed by atoms with Crippen LogP contribution in [-0.4, -0.2) is 82.5 Å². The summed E-state index contributed by atoms with van der Waals surface area (Å²) >= 11 is 0. The van der Waals surface area contributed by atoms with E-state index in [9.17, 15) is 29.4 Å².